The molecule has 7 heteroatoms. The van der Waals surface area contributed by atoms with E-state index in [-0.39, 0.29) is 17.2 Å². The lowest BCUT2D eigenvalue weighted by Crippen LogP contribution is -2.14. The van der Waals surface area contributed by atoms with E-state index in [2.05, 4.69) is 15.6 Å². The standard InChI is InChI=1S/C23H18FN3O2S/c24-20-7-2-1-6-19(20)23(29)27-16-4-3-5-18(12-16)30-14-22(28)26-17-9-8-15-10-11-25-21(15)13-17/h1-13,25H,14H2,(H,26,28)(H,27,29). The van der Waals surface area contributed by atoms with Crippen molar-refractivity contribution < 1.29 is 14.0 Å². The molecule has 1 aromatic heterocycles. The first-order valence-corrected chi connectivity index (χ1v) is 10.2. The number of fused-ring (bicyclic) bond motifs is 1. The largest absolute Gasteiger partial charge is 0.361 e. The third-order valence-electron chi connectivity index (χ3n) is 4.42. The van der Waals surface area contributed by atoms with Crippen LogP contribution >= 0.6 is 11.8 Å². The number of thioether (sulfide) groups is 1. The maximum atomic E-state index is 13.8. The summed E-state index contributed by atoms with van der Waals surface area (Å²) in [6.45, 7) is 0. The molecule has 5 nitrogen and oxygen atoms in total. The van der Waals surface area contributed by atoms with Gasteiger partial charge >= 0.3 is 0 Å². The average molecular weight is 419 g/mol. The number of rotatable bonds is 6. The van der Waals surface area contributed by atoms with Crippen molar-refractivity contribution in [3.63, 3.8) is 0 Å². The summed E-state index contributed by atoms with van der Waals surface area (Å²) in [6.07, 6.45) is 1.85. The van der Waals surface area contributed by atoms with E-state index in [1.807, 2.05) is 36.5 Å². The van der Waals surface area contributed by atoms with Gasteiger partial charge in [0, 0.05) is 28.0 Å². The predicted octanol–water partition coefficient (Wildman–Crippen LogP) is 5.29. The van der Waals surface area contributed by atoms with E-state index in [9.17, 15) is 14.0 Å². The molecular weight excluding hydrogens is 401 g/mol. The normalized spacial score (nSPS) is 10.7. The van der Waals surface area contributed by atoms with Gasteiger partial charge in [0.1, 0.15) is 5.82 Å². The summed E-state index contributed by atoms with van der Waals surface area (Å²) in [4.78, 5) is 28.5. The van der Waals surface area contributed by atoms with Crippen LogP contribution in [0.25, 0.3) is 10.9 Å². The van der Waals surface area contributed by atoms with Crippen LogP contribution in [0, 0.1) is 5.82 Å². The quantitative estimate of drug-likeness (QED) is 0.372. The molecule has 0 atom stereocenters. The highest BCUT2D eigenvalue weighted by Gasteiger charge is 2.11. The van der Waals surface area contributed by atoms with E-state index < -0.39 is 11.7 Å². The number of amides is 2. The molecule has 3 N–H and O–H groups in total. The number of carbonyl (C=O) groups is 2. The molecule has 0 saturated heterocycles. The Hall–Kier alpha value is -3.58. The first-order valence-electron chi connectivity index (χ1n) is 9.24. The van der Waals surface area contributed by atoms with Crippen LogP contribution in [-0.4, -0.2) is 22.6 Å². The molecule has 30 heavy (non-hydrogen) atoms. The molecule has 4 rings (SSSR count). The lowest BCUT2D eigenvalue weighted by Gasteiger charge is -2.09. The van der Waals surface area contributed by atoms with Crippen molar-refractivity contribution in [1.29, 1.82) is 0 Å². The van der Waals surface area contributed by atoms with Crippen molar-refractivity contribution in [3.05, 3.63) is 90.4 Å². The molecule has 0 bridgehead atoms. The lowest BCUT2D eigenvalue weighted by atomic mass is 10.2. The molecule has 1 heterocycles. The summed E-state index contributed by atoms with van der Waals surface area (Å²) in [5, 5.41) is 6.64. The highest BCUT2D eigenvalue weighted by atomic mass is 32.2. The third kappa shape index (κ3) is 4.69. The van der Waals surface area contributed by atoms with Gasteiger partial charge in [-0.15, -0.1) is 11.8 Å². The van der Waals surface area contributed by atoms with Gasteiger partial charge in [0.25, 0.3) is 5.91 Å². The van der Waals surface area contributed by atoms with E-state index in [4.69, 9.17) is 0 Å². The number of aromatic nitrogens is 1. The van der Waals surface area contributed by atoms with Crippen LogP contribution < -0.4 is 10.6 Å². The van der Waals surface area contributed by atoms with Crippen molar-refractivity contribution in [1.82, 2.24) is 4.98 Å². The number of benzene rings is 3. The zero-order chi connectivity index (χ0) is 20.9. The molecule has 0 aliphatic heterocycles. The van der Waals surface area contributed by atoms with Gasteiger partial charge in [-0.25, -0.2) is 4.39 Å². The van der Waals surface area contributed by atoms with E-state index in [1.54, 1.807) is 24.3 Å². The number of carbonyl (C=O) groups excluding carboxylic acids is 2. The van der Waals surface area contributed by atoms with Crippen molar-refractivity contribution in [2.24, 2.45) is 0 Å². The zero-order valence-corrected chi connectivity index (χ0v) is 16.6. The van der Waals surface area contributed by atoms with Gasteiger partial charge in [-0.2, -0.15) is 0 Å². The highest BCUT2D eigenvalue weighted by molar-refractivity contribution is 8.00. The monoisotopic (exact) mass is 419 g/mol. The van der Waals surface area contributed by atoms with Gasteiger partial charge in [-0.05, 0) is 53.9 Å². The summed E-state index contributed by atoms with van der Waals surface area (Å²) in [7, 11) is 0. The number of hydrogen-bond acceptors (Lipinski definition) is 3. The molecule has 0 unspecified atom stereocenters. The fraction of sp³-hybridized carbons (Fsp3) is 0.0435. The summed E-state index contributed by atoms with van der Waals surface area (Å²) in [6, 6.07) is 20.6. The Labute approximate surface area is 176 Å². The van der Waals surface area contributed by atoms with Gasteiger partial charge in [0.15, 0.2) is 0 Å². The number of anilines is 2. The molecule has 0 aliphatic rings. The number of aromatic amines is 1. The van der Waals surface area contributed by atoms with Crippen LogP contribution in [-0.2, 0) is 4.79 Å². The molecule has 4 aromatic rings. The number of nitrogens with one attached hydrogen (secondary N) is 3. The maximum absolute atomic E-state index is 13.8. The van der Waals surface area contributed by atoms with E-state index in [0.717, 1.165) is 21.5 Å². The molecular formula is C23H18FN3O2S. The van der Waals surface area contributed by atoms with Gasteiger partial charge < -0.3 is 15.6 Å². The summed E-state index contributed by atoms with van der Waals surface area (Å²) < 4.78 is 13.8. The lowest BCUT2D eigenvalue weighted by molar-refractivity contribution is -0.113. The second-order valence-electron chi connectivity index (χ2n) is 6.58. The summed E-state index contributed by atoms with van der Waals surface area (Å²) >= 11 is 1.35. The minimum atomic E-state index is -0.574. The van der Waals surface area contributed by atoms with Gasteiger partial charge in [0.2, 0.25) is 5.91 Å². The minimum absolute atomic E-state index is 0.0195. The van der Waals surface area contributed by atoms with Crippen LogP contribution in [0.4, 0.5) is 15.8 Å². The minimum Gasteiger partial charge on any atom is -0.361 e. The molecule has 0 aliphatic carbocycles. The highest BCUT2D eigenvalue weighted by Crippen LogP contribution is 2.23. The Morgan fingerprint density at radius 3 is 2.60 bits per heavy atom. The second kappa shape index (κ2) is 8.84. The Morgan fingerprint density at radius 2 is 1.73 bits per heavy atom. The third-order valence-corrected chi connectivity index (χ3v) is 5.41. The smallest absolute Gasteiger partial charge is 0.258 e. The Kier molecular flexibility index (Phi) is 5.81. The summed E-state index contributed by atoms with van der Waals surface area (Å²) in [5.74, 6) is -1.01. The van der Waals surface area contributed by atoms with E-state index >= 15 is 0 Å². The van der Waals surface area contributed by atoms with Crippen molar-refractivity contribution in [2.45, 2.75) is 4.90 Å². The second-order valence-corrected chi connectivity index (χ2v) is 7.63. The first kappa shape index (κ1) is 19.7. The fourth-order valence-corrected chi connectivity index (χ4v) is 3.73. The molecule has 3 aromatic carbocycles. The Balaban J connectivity index is 1.35. The van der Waals surface area contributed by atoms with Crippen LogP contribution in [0.3, 0.4) is 0 Å². The zero-order valence-electron chi connectivity index (χ0n) is 15.8. The maximum Gasteiger partial charge on any atom is 0.258 e. The van der Waals surface area contributed by atoms with Gasteiger partial charge in [-0.1, -0.05) is 24.3 Å². The van der Waals surface area contributed by atoms with Gasteiger partial charge in [-0.3, -0.25) is 9.59 Å². The number of halogens is 1. The van der Waals surface area contributed by atoms with Crippen LogP contribution in [0.15, 0.2) is 83.9 Å². The SMILES string of the molecule is O=C(CSc1cccc(NC(=O)c2ccccc2F)c1)Nc1ccc2cc[nH]c2c1. The fourth-order valence-electron chi connectivity index (χ4n) is 2.98. The van der Waals surface area contributed by atoms with Crippen molar-refractivity contribution >= 4 is 45.9 Å². The molecule has 0 saturated carbocycles. The first-order chi connectivity index (χ1) is 14.6. The topological polar surface area (TPSA) is 74.0 Å². The number of H-pyrrole nitrogens is 1. The van der Waals surface area contributed by atoms with Crippen molar-refractivity contribution in [3.8, 4) is 0 Å². The Morgan fingerprint density at radius 1 is 0.900 bits per heavy atom. The van der Waals surface area contributed by atoms with Crippen molar-refractivity contribution in [2.75, 3.05) is 16.4 Å². The Bertz CT molecular complexity index is 1220. The van der Waals surface area contributed by atoms with Crippen LogP contribution in [0.5, 0.6) is 0 Å². The molecule has 150 valence electrons. The molecule has 0 spiro atoms. The molecule has 2 amide bonds. The molecule has 0 radical (unpaired) electrons. The van der Waals surface area contributed by atoms with Crippen LogP contribution in [0.1, 0.15) is 10.4 Å². The van der Waals surface area contributed by atoms with E-state index in [1.165, 1.54) is 30.0 Å². The summed E-state index contributed by atoms with van der Waals surface area (Å²) in [5.41, 5.74) is 2.19. The number of hydrogen-bond donors (Lipinski definition) is 3. The predicted molar refractivity (Wildman–Crippen MR) is 118 cm³/mol. The molecule has 0 fully saturated rings. The average Bonchev–Trinajstić information content (AvgIpc) is 3.21. The van der Waals surface area contributed by atoms with Crippen LogP contribution in [0.2, 0.25) is 0 Å². The van der Waals surface area contributed by atoms with Gasteiger partial charge in [0.05, 0.1) is 11.3 Å². The van der Waals surface area contributed by atoms with E-state index in [0.29, 0.717) is 5.69 Å².